The molecule has 5 aromatic rings. The predicted molar refractivity (Wildman–Crippen MR) is 121 cm³/mol. The van der Waals surface area contributed by atoms with Crippen LogP contribution >= 0.6 is 0 Å². The van der Waals surface area contributed by atoms with Gasteiger partial charge >= 0.3 is 0 Å². The van der Waals surface area contributed by atoms with Crippen LogP contribution in [0.5, 0.6) is 0 Å². The molecule has 141 valence electrons. The third-order valence-corrected chi connectivity index (χ3v) is 4.74. The van der Waals surface area contributed by atoms with Crippen LogP contribution in [0.15, 0.2) is 97.1 Å². The molecule has 1 aromatic heterocycles. The van der Waals surface area contributed by atoms with E-state index in [4.69, 9.17) is 9.97 Å². The molecule has 5 rings (SSSR count). The number of fused-ring (bicyclic) bond motifs is 2. The highest BCUT2D eigenvalue weighted by molar-refractivity contribution is 6.69. The van der Waals surface area contributed by atoms with Gasteiger partial charge in [0.15, 0.2) is 7.28 Å². The van der Waals surface area contributed by atoms with Gasteiger partial charge in [0, 0.05) is 5.56 Å². The van der Waals surface area contributed by atoms with Crippen molar-refractivity contribution < 1.29 is 11.0 Å². The summed E-state index contributed by atoms with van der Waals surface area (Å²) in [5.74, 6) is 0. The normalized spacial score (nSPS) is 10.2. The van der Waals surface area contributed by atoms with Gasteiger partial charge in [-0.05, 0) is 17.7 Å². The average molecular weight is 379 g/mol. The molecule has 0 aliphatic heterocycles. The fraction of sp³-hybridized carbons (Fsp3) is 0. The highest BCUT2D eigenvalue weighted by Gasteiger charge is 2.13. The summed E-state index contributed by atoms with van der Waals surface area (Å²) in [6.45, 7) is 0. The second kappa shape index (κ2) is 8.65. The lowest BCUT2D eigenvalue weighted by atomic mass is 9.63. The van der Waals surface area contributed by atoms with E-state index < -0.39 is 0 Å². The van der Waals surface area contributed by atoms with E-state index in [0.717, 1.165) is 44.1 Å². The Morgan fingerprint density at radius 3 is 1.72 bits per heavy atom. The largest absolute Gasteiger partial charge is 0.412 e. The van der Waals surface area contributed by atoms with E-state index in [1.807, 2.05) is 48.5 Å². The summed E-state index contributed by atoms with van der Waals surface area (Å²) in [4.78, 5) is 9.94. The molecule has 4 N–H and O–H groups in total. The fourth-order valence-electron chi connectivity index (χ4n) is 3.42. The van der Waals surface area contributed by atoms with Crippen molar-refractivity contribution in [1.29, 1.82) is 0 Å². The number of hydrogen-bond donors (Lipinski definition) is 0. The van der Waals surface area contributed by atoms with Crippen LogP contribution in [-0.4, -0.2) is 28.2 Å². The molecule has 0 aliphatic carbocycles. The Hall–Kier alpha value is -3.54. The van der Waals surface area contributed by atoms with E-state index in [9.17, 15) is 0 Å². The predicted octanol–water partition coefficient (Wildman–Crippen LogP) is 2.46. The van der Waals surface area contributed by atoms with Crippen molar-refractivity contribution in [2.75, 3.05) is 0 Å². The van der Waals surface area contributed by atoms with Crippen LogP contribution in [0.4, 0.5) is 0 Å². The van der Waals surface area contributed by atoms with Crippen LogP contribution in [0.25, 0.3) is 33.2 Å². The zero-order valence-electron chi connectivity index (χ0n) is 15.7. The molecule has 0 spiro atoms. The molecule has 0 fully saturated rings. The lowest BCUT2D eigenvalue weighted by Gasteiger charge is -2.11. The van der Waals surface area contributed by atoms with E-state index >= 15 is 0 Å². The minimum atomic E-state index is 0. The molecule has 0 atom stereocenters. The van der Waals surface area contributed by atoms with Crippen molar-refractivity contribution >= 4 is 40.3 Å². The summed E-state index contributed by atoms with van der Waals surface area (Å²) in [6.07, 6.45) is 0. The van der Waals surface area contributed by atoms with Gasteiger partial charge in [0.2, 0.25) is 0 Å². The maximum Gasteiger partial charge on any atom is 0.194 e. The molecule has 5 heteroatoms. The molecular formula is C24H20BN2O2. The van der Waals surface area contributed by atoms with Crippen LogP contribution in [0.1, 0.15) is 0 Å². The summed E-state index contributed by atoms with van der Waals surface area (Å²) in [5.41, 5.74) is 8.18. The summed E-state index contributed by atoms with van der Waals surface area (Å²) in [6, 6.07) is 33.0. The third kappa shape index (κ3) is 3.87. The molecule has 1 heterocycles. The van der Waals surface area contributed by atoms with Gasteiger partial charge in [-0.15, -0.1) is 0 Å². The monoisotopic (exact) mass is 379 g/mol. The van der Waals surface area contributed by atoms with Crippen LogP contribution in [0.3, 0.4) is 0 Å². The summed E-state index contributed by atoms with van der Waals surface area (Å²) in [5, 5.41) is 0. The molecule has 1 radical (unpaired) electrons. The van der Waals surface area contributed by atoms with Crippen LogP contribution in [0.2, 0.25) is 0 Å². The Bertz CT molecular complexity index is 1250. The van der Waals surface area contributed by atoms with Gasteiger partial charge in [0.25, 0.3) is 0 Å². The maximum absolute atomic E-state index is 4.97. The number of nitrogens with zero attached hydrogens (tertiary/aromatic N) is 2. The zero-order valence-corrected chi connectivity index (χ0v) is 15.7. The first-order valence-electron chi connectivity index (χ1n) is 9.03. The van der Waals surface area contributed by atoms with Gasteiger partial charge < -0.3 is 11.0 Å². The third-order valence-electron chi connectivity index (χ3n) is 4.74. The van der Waals surface area contributed by atoms with E-state index in [0.29, 0.717) is 0 Å². The fourth-order valence-corrected chi connectivity index (χ4v) is 3.42. The number of benzene rings is 4. The Morgan fingerprint density at radius 1 is 0.517 bits per heavy atom. The Morgan fingerprint density at radius 2 is 1.07 bits per heavy atom. The Kier molecular flexibility index (Phi) is 6.03. The topological polar surface area (TPSA) is 88.8 Å². The van der Waals surface area contributed by atoms with Crippen LogP contribution in [-0.2, 0) is 0 Å². The first-order chi connectivity index (χ1) is 13.4. The number of rotatable bonds is 3. The van der Waals surface area contributed by atoms with E-state index in [1.165, 1.54) is 0 Å². The lowest BCUT2D eigenvalue weighted by Crippen LogP contribution is -2.28. The average Bonchev–Trinajstić information content (AvgIpc) is 2.74. The summed E-state index contributed by atoms with van der Waals surface area (Å²) < 4.78 is 0. The van der Waals surface area contributed by atoms with Crippen molar-refractivity contribution in [2.24, 2.45) is 0 Å². The van der Waals surface area contributed by atoms with Crippen molar-refractivity contribution in [3.8, 4) is 11.1 Å². The molecule has 0 bridgehead atoms. The zero-order chi connectivity index (χ0) is 18.1. The van der Waals surface area contributed by atoms with Gasteiger partial charge in [-0.25, -0.2) is 9.97 Å². The number of aromatic nitrogens is 2. The molecule has 4 nitrogen and oxygen atoms in total. The molecule has 0 amide bonds. The maximum atomic E-state index is 4.97. The molecular weight excluding hydrogens is 359 g/mol. The standard InChI is InChI=1S/C24H16BN2.2H2O/c1-3-9-17(10-4-1)19-15-16-20(25-18-11-5-2-6-12-18)24-23(19)26-21-13-7-8-14-22(21)27-24;;/h1-16H;2*1H2. The Balaban J connectivity index is 0.00000120. The van der Waals surface area contributed by atoms with Crippen molar-refractivity contribution in [2.45, 2.75) is 0 Å². The van der Waals surface area contributed by atoms with Crippen molar-refractivity contribution in [3.63, 3.8) is 0 Å². The minimum Gasteiger partial charge on any atom is -0.412 e. The Labute approximate surface area is 169 Å². The number of para-hydroxylation sites is 2. The summed E-state index contributed by atoms with van der Waals surface area (Å²) >= 11 is 0. The van der Waals surface area contributed by atoms with E-state index in [2.05, 4.69) is 55.8 Å². The van der Waals surface area contributed by atoms with E-state index in [1.54, 1.807) is 0 Å². The molecule has 0 saturated heterocycles. The molecule has 0 aliphatic rings. The first-order valence-corrected chi connectivity index (χ1v) is 9.03. The summed E-state index contributed by atoms with van der Waals surface area (Å²) in [7, 11) is 2.17. The first kappa shape index (κ1) is 20.2. The highest BCUT2D eigenvalue weighted by atomic mass is 16.0. The highest BCUT2D eigenvalue weighted by Crippen LogP contribution is 2.27. The van der Waals surface area contributed by atoms with Crippen LogP contribution in [0, 0.1) is 0 Å². The molecule has 0 saturated carbocycles. The second-order valence-corrected chi connectivity index (χ2v) is 6.53. The van der Waals surface area contributed by atoms with Gasteiger partial charge in [0.05, 0.1) is 22.1 Å². The molecule has 29 heavy (non-hydrogen) atoms. The van der Waals surface area contributed by atoms with Gasteiger partial charge in [-0.1, -0.05) is 95.9 Å². The van der Waals surface area contributed by atoms with Gasteiger partial charge in [-0.2, -0.15) is 0 Å². The lowest BCUT2D eigenvalue weighted by molar-refractivity contribution is 0.823. The van der Waals surface area contributed by atoms with E-state index in [-0.39, 0.29) is 11.0 Å². The SMILES string of the molecule is O.O.[B](c1ccccc1)c1ccc(-c2ccccc2)c2nc3ccccc3nc12. The van der Waals surface area contributed by atoms with Gasteiger partial charge in [0.1, 0.15) is 0 Å². The minimum absolute atomic E-state index is 0. The number of hydrogen-bond acceptors (Lipinski definition) is 2. The molecule has 0 unspecified atom stereocenters. The quantitative estimate of drug-likeness (QED) is 0.356. The second-order valence-electron chi connectivity index (χ2n) is 6.53. The van der Waals surface area contributed by atoms with Crippen molar-refractivity contribution in [3.05, 3.63) is 97.1 Å². The van der Waals surface area contributed by atoms with Crippen molar-refractivity contribution in [1.82, 2.24) is 9.97 Å². The smallest absolute Gasteiger partial charge is 0.194 e. The molecule has 4 aromatic carbocycles. The van der Waals surface area contributed by atoms with Crippen LogP contribution < -0.4 is 10.9 Å². The van der Waals surface area contributed by atoms with Gasteiger partial charge in [-0.3, -0.25) is 0 Å².